The number of ether oxygens (including phenoxy) is 1. The minimum atomic E-state index is -4.10. The molecule has 2 rings (SSSR count). The minimum Gasteiger partial charge on any atom is -0.496 e. The lowest BCUT2D eigenvalue weighted by Gasteiger charge is -2.14. The first-order valence-corrected chi connectivity index (χ1v) is 9.19. The quantitative estimate of drug-likeness (QED) is 0.650. The van der Waals surface area contributed by atoms with Crippen molar-refractivity contribution in [1.82, 2.24) is 4.72 Å². The highest BCUT2D eigenvalue weighted by Crippen LogP contribution is 2.24. The van der Waals surface area contributed by atoms with Crippen molar-refractivity contribution in [2.24, 2.45) is 5.73 Å². The van der Waals surface area contributed by atoms with Crippen molar-refractivity contribution in [3.63, 3.8) is 0 Å². The van der Waals surface area contributed by atoms with E-state index < -0.39 is 33.7 Å². The molecule has 0 aliphatic carbocycles. The van der Waals surface area contributed by atoms with Crippen LogP contribution in [0, 0.1) is 5.82 Å². The van der Waals surface area contributed by atoms with Crippen molar-refractivity contribution in [2.45, 2.75) is 17.9 Å². The lowest BCUT2D eigenvalue weighted by Crippen LogP contribution is -2.42. The van der Waals surface area contributed by atoms with Gasteiger partial charge < -0.3 is 15.8 Å². The summed E-state index contributed by atoms with van der Waals surface area (Å²) in [5.41, 5.74) is 5.32. The number of carbonyl (C=O) groups is 2. The summed E-state index contributed by atoms with van der Waals surface area (Å²) >= 11 is 0. The van der Waals surface area contributed by atoms with Crippen molar-refractivity contribution in [3.8, 4) is 5.75 Å². The number of sulfonamides is 1. The van der Waals surface area contributed by atoms with Gasteiger partial charge in [0.15, 0.2) is 0 Å². The lowest BCUT2D eigenvalue weighted by molar-refractivity contribution is -0.119. The Labute approximate surface area is 155 Å². The Morgan fingerprint density at radius 2 is 1.78 bits per heavy atom. The third kappa shape index (κ3) is 5.02. The van der Waals surface area contributed by atoms with E-state index in [0.29, 0.717) is 5.69 Å². The molecule has 27 heavy (non-hydrogen) atoms. The van der Waals surface area contributed by atoms with E-state index in [1.54, 1.807) is 0 Å². The number of methoxy groups -OCH3 is 1. The van der Waals surface area contributed by atoms with Crippen LogP contribution in [0.4, 0.5) is 10.1 Å². The maximum atomic E-state index is 13.0. The number of nitrogens with one attached hydrogen (secondary N) is 2. The van der Waals surface area contributed by atoms with Crippen LogP contribution < -0.4 is 20.5 Å². The molecule has 2 amide bonds. The van der Waals surface area contributed by atoms with E-state index in [1.807, 2.05) is 0 Å². The molecular weight excluding hydrogens is 377 g/mol. The van der Waals surface area contributed by atoms with Gasteiger partial charge in [0.25, 0.3) is 5.91 Å². The summed E-state index contributed by atoms with van der Waals surface area (Å²) in [5, 5.41) is 2.52. The first kappa shape index (κ1) is 20.3. The molecule has 0 bridgehead atoms. The van der Waals surface area contributed by atoms with Crippen molar-refractivity contribution >= 4 is 27.5 Å². The van der Waals surface area contributed by atoms with Crippen LogP contribution in [0.2, 0.25) is 0 Å². The van der Waals surface area contributed by atoms with Crippen LogP contribution in [0.3, 0.4) is 0 Å². The normalized spacial score (nSPS) is 12.3. The summed E-state index contributed by atoms with van der Waals surface area (Å²) in [7, 11) is -2.77. The van der Waals surface area contributed by atoms with Gasteiger partial charge in [-0.3, -0.25) is 9.59 Å². The van der Waals surface area contributed by atoms with E-state index in [-0.39, 0.29) is 16.2 Å². The van der Waals surface area contributed by atoms with Crippen LogP contribution in [0.1, 0.15) is 17.3 Å². The molecule has 2 aromatic carbocycles. The molecule has 0 aromatic heterocycles. The highest BCUT2D eigenvalue weighted by atomic mass is 32.2. The van der Waals surface area contributed by atoms with Crippen LogP contribution in [0.5, 0.6) is 5.75 Å². The zero-order chi connectivity index (χ0) is 20.2. The lowest BCUT2D eigenvalue weighted by atomic mass is 10.2. The van der Waals surface area contributed by atoms with Crippen molar-refractivity contribution in [2.75, 3.05) is 12.4 Å². The molecule has 0 heterocycles. The number of nitrogens with two attached hydrogens (primary N) is 1. The highest BCUT2D eigenvalue weighted by molar-refractivity contribution is 7.89. The standard InChI is InChI=1S/C17H18FN3O5S/c1-10(16(19)22)21-27(24,25)13-7-8-15(26-2)14(9-13)17(23)20-12-5-3-11(18)4-6-12/h3-10,21H,1-2H3,(H2,19,22)(H,20,23)/t10-/m1/s1. The number of hydrogen-bond donors (Lipinski definition) is 3. The maximum Gasteiger partial charge on any atom is 0.259 e. The average Bonchev–Trinajstić information content (AvgIpc) is 2.62. The van der Waals surface area contributed by atoms with Gasteiger partial charge in [0, 0.05) is 5.69 Å². The Bertz CT molecular complexity index is 961. The summed E-state index contributed by atoms with van der Waals surface area (Å²) in [6, 6.07) is 7.56. The van der Waals surface area contributed by atoms with Crippen LogP contribution in [0.25, 0.3) is 0 Å². The summed E-state index contributed by atoms with van der Waals surface area (Å²) in [6.07, 6.45) is 0. The predicted octanol–water partition coefficient (Wildman–Crippen LogP) is 1.24. The summed E-state index contributed by atoms with van der Waals surface area (Å²) in [5.74, 6) is -1.83. The number of carbonyl (C=O) groups excluding carboxylic acids is 2. The second-order valence-corrected chi connectivity index (χ2v) is 7.28. The van der Waals surface area contributed by atoms with E-state index in [9.17, 15) is 22.4 Å². The van der Waals surface area contributed by atoms with E-state index >= 15 is 0 Å². The molecule has 0 aliphatic heterocycles. The second-order valence-electron chi connectivity index (χ2n) is 5.57. The highest BCUT2D eigenvalue weighted by Gasteiger charge is 2.23. The molecule has 0 aliphatic rings. The van der Waals surface area contributed by atoms with Crippen LogP contribution in [-0.2, 0) is 14.8 Å². The van der Waals surface area contributed by atoms with Crippen molar-refractivity contribution in [3.05, 3.63) is 53.8 Å². The smallest absolute Gasteiger partial charge is 0.259 e. The molecule has 0 unspecified atom stereocenters. The van der Waals surface area contributed by atoms with E-state index in [1.165, 1.54) is 50.4 Å². The van der Waals surface area contributed by atoms with Crippen molar-refractivity contribution < 1.29 is 27.1 Å². The van der Waals surface area contributed by atoms with Gasteiger partial charge in [-0.2, -0.15) is 4.72 Å². The SMILES string of the molecule is COc1ccc(S(=O)(=O)N[C@H](C)C(N)=O)cc1C(=O)Nc1ccc(F)cc1. The van der Waals surface area contributed by atoms with E-state index in [0.717, 1.165) is 6.07 Å². The molecule has 1 atom stereocenters. The van der Waals surface area contributed by atoms with Crippen LogP contribution in [0.15, 0.2) is 47.4 Å². The number of primary amides is 1. The van der Waals surface area contributed by atoms with E-state index in [4.69, 9.17) is 10.5 Å². The Hall–Kier alpha value is -2.98. The molecular formula is C17H18FN3O5S. The largest absolute Gasteiger partial charge is 0.496 e. The molecule has 0 spiro atoms. The molecule has 0 saturated carbocycles. The second kappa shape index (κ2) is 8.14. The Kier molecular flexibility index (Phi) is 6.13. The molecule has 8 nitrogen and oxygen atoms in total. The topological polar surface area (TPSA) is 128 Å². The Morgan fingerprint density at radius 3 is 2.33 bits per heavy atom. The number of hydrogen-bond acceptors (Lipinski definition) is 5. The number of rotatable bonds is 7. The van der Waals surface area contributed by atoms with Gasteiger partial charge in [0.05, 0.1) is 23.6 Å². The fraction of sp³-hybridized carbons (Fsp3) is 0.176. The summed E-state index contributed by atoms with van der Waals surface area (Å²) < 4.78 is 45.0. The zero-order valence-corrected chi connectivity index (χ0v) is 15.3. The van der Waals surface area contributed by atoms with Gasteiger partial charge in [-0.15, -0.1) is 0 Å². The van der Waals surface area contributed by atoms with Gasteiger partial charge >= 0.3 is 0 Å². The Balaban J connectivity index is 2.35. The van der Waals surface area contributed by atoms with Crippen LogP contribution >= 0.6 is 0 Å². The monoisotopic (exact) mass is 395 g/mol. The number of amides is 2. The molecule has 2 aromatic rings. The minimum absolute atomic E-state index is 0.0589. The Morgan fingerprint density at radius 1 is 1.15 bits per heavy atom. The van der Waals surface area contributed by atoms with Gasteiger partial charge in [0.1, 0.15) is 11.6 Å². The molecule has 10 heteroatoms. The van der Waals surface area contributed by atoms with Gasteiger partial charge in [-0.1, -0.05) is 0 Å². The molecule has 0 radical (unpaired) electrons. The van der Waals surface area contributed by atoms with E-state index in [2.05, 4.69) is 10.0 Å². The number of benzene rings is 2. The van der Waals surface area contributed by atoms with Gasteiger partial charge in [-0.25, -0.2) is 12.8 Å². The summed E-state index contributed by atoms with van der Waals surface area (Å²) in [6.45, 7) is 1.30. The summed E-state index contributed by atoms with van der Waals surface area (Å²) in [4.78, 5) is 23.4. The molecule has 0 saturated heterocycles. The first-order valence-electron chi connectivity index (χ1n) is 7.70. The fourth-order valence-corrected chi connectivity index (χ4v) is 3.36. The third-order valence-corrected chi connectivity index (χ3v) is 5.13. The molecule has 0 fully saturated rings. The average molecular weight is 395 g/mol. The van der Waals surface area contributed by atoms with Crippen LogP contribution in [-0.4, -0.2) is 33.4 Å². The van der Waals surface area contributed by atoms with Crippen molar-refractivity contribution in [1.29, 1.82) is 0 Å². The maximum absolute atomic E-state index is 13.0. The third-order valence-electron chi connectivity index (χ3n) is 3.59. The fourth-order valence-electron chi connectivity index (χ4n) is 2.12. The number of halogens is 1. The predicted molar refractivity (Wildman–Crippen MR) is 96.3 cm³/mol. The first-order chi connectivity index (χ1) is 12.6. The number of anilines is 1. The van der Waals surface area contributed by atoms with Gasteiger partial charge in [-0.05, 0) is 49.4 Å². The molecule has 4 N–H and O–H groups in total. The van der Waals surface area contributed by atoms with Gasteiger partial charge in [0.2, 0.25) is 15.9 Å². The molecule has 144 valence electrons. The zero-order valence-electron chi connectivity index (χ0n) is 14.5.